The fourth-order valence-corrected chi connectivity index (χ4v) is 16.6. The zero-order valence-electron chi connectivity index (χ0n) is 45.5. The molecule has 0 aromatic carbocycles. The van der Waals surface area contributed by atoms with E-state index >= 15 is 0 Å². The number of allylic oxidation sites excluding steroid dienone is 1. The van der Waals surface area contributed by atoms with Crippen molar-refractivity contribution >= 4 is 11.9 Å². The first-order valence-electron chi connectivity index (χ1n) is 27.9. The van der Waals surface area contributed by atoms with E-state index in [4.69, 9.17) is 37.9 Å². The van der Waals surface area contributed by atoms with Gasteiger partial charge in [0, 0.05) is 0 Å². The summed E-state index contributed by atoms with van der Waals surface area (Å²) in [6.45, 7) is 13.2. The van der Waals surface area contributed by atoms with Crippen LogP contribution in [0.5, 0.6) is 0 Å². The Labute approximate surface area is 453 Å². The molecule has 78 heavy (non-hydrogen) atoms. The monoisotopic (exact) mass is 1120 g/mol. The number of carbonyl (C=O) groups is 2. The molecule has 9 aliphatic rings. The highest BCUT2D eigenvalue weighted by atomic mass is 16.8. The summed E-state index contributed by atoms with van der Waals surface area (Å²) < 4.78 is 48.2. The molecule has 24 heteroatoms. The number of carbonyl (C=O) groups excluding carboxylic acids is 1. The van der Waals surface area contributed by atoms with E-state index in [1.54, 1.807) is 0 Å². The number of hydrogen-bond donors (Lipinski definition) is 14. The van der Waals surface area contributed by atoms with Crippen LogP contribution < -0.4 is 0 Å². The maximum atomic E-state index is 14.8. The summed E-state index contributed by atoms with van der Waals surface area (Å²) in [5.41, 5.74) is -1.83. The van der Waals surface area contributed by atoms with Crippen LogP contribution in [0.2, 0.25) is 0 Å². The van der Waals surface area contributed by atoms with Gasteiger partial charge in [-0.15, -0.1) is 0 Å². The molecule has 4 saturated heterocycles. The minimum absolute atomic E-state index is 0.0126. The van der Waals surface area contributed by atoms with Gasteiger partial charge in [0.15, 0.2) is 25.0 Å². The molecule has 0 aromatic heterocycles. The Hall–Kier alpha value is -2.12. The van der Waals surface area contributed by atoms with E-state index in [9.17, 15) is 81.1 Å². The Kier molecular flexibility index (Phi) is 16.9. The maximum absolute atomic E-state index is 14.8. The highest BCUT2D eigenvalue weighted by Crippen LogP contribution is 2.76. The van der Waals surface area contributed by atoms with Crippen molar-refractivity contribution in [2.45, 2.75) is 242 Å². The summed E-state index contributed by atoms with van der Waals surface area (Å²) in [5.74, 6) is -2.10. The average molecular weight is 1120 g/mol. The van der Waals surface area contributed by atoms with Crippen molar-refractivity contribution in [1.82, 2.24) is 0 Å². The summed E-state index contributed by atoms with van der Waals surface area (Å²) in [6, 6.07) is 0. The van der Waals surface area contributed by atoms with Gasteiger partial charge in [0.1, 0.15) is 91.6 Å². The highest BCUT2D eigenvalue weighted by Gasteiger charge is 2.71. The number of ether oxygens (including phenoxy) is 8. The van der Waals surface area contributed by atoms with Crippen molar-refractivity contribution in [2.24, 2.45) is 50.2 Å². The molecule has 0 radical (unpaired) electrons. The van der Waals surface area contributed by atoms with Gasteiger partial charge in [-0.25, -0.2) is 4.79 Å². The van der Waals surface area contributed by atoms with E-state index in [1.807, 2.05) is 0 Å². The van der Waals surface area contributed by atoms with Gasteiger partial charge in [0.05, 0.1) is 31.3 Å². The molecule has 0 amide bonds. The second kappa shape index (κ2) is 21.8. The molecule has 4 aliphatic heterocycles. The first kappa shape index (κ1) is 60.5. The van der Waals surface area contributed by atoms with Crippen molar-refractivity contribution in [3.63, 3.8) is 0 Å². The zero-order chi connectivity index (χ0) is 57.1. The number of rotatable bonds is 12. The number of aliphatic hydroxyl groups is 13. The molecule has 5 aliphatic carbocycles. The summed E-state index contributed by atoms with van der Waals surface area (Å²) in [6.07, 6.45) is -28.0. The van der Waals surface area contributed by atoms with Crippen LogP contribution in [0.4, 0.5) is 0 Å². The number of carboxylic acids is 1. The fraction of sp³-hybridized carbons (Fsp3) is 0.926. The molecular weight excluding hydrogens is 1030 g/mol. The lowest BCUT2D eigenvalue weighted by Crippen LogP contribution is -2.69. The van der Waals surface area contributed by atoms with Gasteiger partial charge in [0.25, 0.3) is 0 Å². The predicted molar refractivity (Wildman–Crippen MR) is 263 cm³/mol. The topological polar surface area (TPSA) is 391 Å². The smallest absolute Gasteiger partial charge is 0.335 e. The summed E-state index contributed by atoms with van der Waals surface area (Å²) in [5, 5.41) is 149. The number of carboxylic acid groups (broad SMARTS) is 1. The van der Waals surface area contributed by atoms with E-state index < -0.39 is 172 Å². The van der Waals surface area contributed by atoms with Crippen molar-refractivity contribution in [3.8, 4) is 0 Å². The molecule has 0 bridgehead atoms. The molecule has 0 unspecified atom stereocenters. The molecule has 24 nitrogen and oxygen atoms in total. The molecule has 4 heterocycles. The number of aliphatic carboxylic acids is 1. The Morgan fingerprint density at radius 3 is 1.56 bits per heavy atom. The Bertz CT molecular complexity index is 2190. The van der Waals surface area contributed by atoms with Crippen molar-refractivity contribution in [3.05, 3.63) is 11.6 Å². The van der Waals surface area contributed by atoms with Gasteiger partial charge in [-0.2, -0.15) is 0 Å². The molecule has 28 atom stereocenters. The minimum Gasteiger partial charge on any atom is -0.479 e. The number of esters is 1. The normalized spacial score (nSPS) is 52.8. The summed E-state index contributed by atoms with van der Waals surface area (Å²) in [7, 11) is 0. The van der Waals surface area contributed by atoms with E-state index in [1.165, 1.54) is 0 Å². The molecule has 0 aromatic rings. The van der Waals surface area contributed by atoms with Crippen LogP contribution in [-0.2, 0) is 47.5 Å². The Morgan fingerprint density at radius 1 is 0.513 bits per heavy atom. The van der Waals surface area contributed by atoms with Crippen molar-refractivity contribution in [1.29, 1.82) is 0 Å². The third kappa shape index (κ3) is 9.72. The third-order valence-corrected chi connectivity index (χ3v) is 21.3. The predicted octanol–water partition coefficient (Wildman–Crippen LogP) is -1.94. The van der Waals surface area contributed by atoms with E-state index in [0.29, 0.717) is 38.5 Å². The maximum Gasteiger partial charge on any atom is 0.335 e. The minimum atomic E-state index is -2.16. The second-order valence-corrected chi connectivity index (χ2v) is 26.2. The summed E-state index contributed by atoms with van der Waals surface area (Å²) in [4.78, 5) is 27.7. The zero-order valence-corrected chi connectivity index (χ0v) is 45.5. The van der Waals surface area contributed by atoms with Gasteiger partial charge in [-0.1, -0.05) is 60.1 Å². The summed E-state index contributed by atoms with van der Waals surface area (Å²) >= 11 is 0. The standard InChI is InChI=1S/C54H86O24/c1-49(2)14-16-54(48(70)78-46-38(66)35(63)32(60)26(21-57)73-46)17-15-52(6)22(23(54)18-49)8-9-28-51(5)12-11-29(50(3,4)27(51)10-13-53(28,52)7)74-47-42(77-45-37(65)34(62)31(59)25(20-56)72-45)40(39(67)41(76-47)43(68)69)75-44-36(64)33(61)30(58)24(19-55)71-44/h18,22,24-42,44-47,55-67H,8-17,19-21H2,1-7H3,(H,68,69)/t22-,24+,25-,26+,27+,28+,29+,30+,31+,32+,33-,34+,35-,36+,37-,38+,39+,40-,41+,42-,44-,45-,46-,47+,51+,52+,53+,54+/m0/s1. The molecule has 8 fully saturated rings. The van der Waals surface area contributed by atoms with Crippen LogP contribution in [-0.4, -0.2) is 232 Å². The van der Waals surface area contributed by atoms with Gasteiger partial charge in [0.2, 0.25) is 6.29 Å². The van der Waals surface area contributed by atoms with Crippen LogP contribution in [0, 0.1) is 50.2 Å². The second-order valence-electron chi connectivity index (χ2n) is 26.2. The fourth-order valence-electron chi connectivity index (χ4n) is 16.6. The van der Waals surface area contributed by atoms with Gasteiger partial charge in [-0.3, -0.25) is 4.79 Å². The number of fused-ring (bicyclic) bond motifs is 7. The highest BCUT2D eigenvalue weighted by molar-refractivity contribution is 5.82. The third-order valence-electron chi connectivity index (χ3n) is 21.3. The number of hydrogen-bond acceptors (Lipinski definition) is 23. The van der Waals surface area contributed by atoms with Crippen LogP contribution >= 0.6 is 0 Å². The average Bonchev–Trinajstić information content (AvgIpc) is 3.58. The number of aliphatic hydroxyl groups excluding tert-OH is 13. The van der Waals surface area contributed by atoms with Crippen molar-refractivity contribution in [2.75, 3.05) is 19.8 Å². The lowest BCUT2D eigenvalue weighted by molar-refractivity contribution is -0.396. The molecule has 9 rings (SSSR count). The molecule has 14 N–H and O–H groups in total. The molecular formula is C54H86O24. The van der Waals surface area contributed by atoms with E-state index in [2.05, 4.69) is 54.5 Å². The van der Waals surface area contributed by atoms with E-state index in [-0.39, 0.29) is 39.4 Å². The largest absolute Gasteiger partial charge is 0.479 e. The van der Waals surface area contributed by atoms with Gasteiger partial charge in [-0.05, 0) is 109 Å². The quantitative estimate of drug-likeness (QED) is 0.0574. The van der Waals surface area contributed by atoms with Crippen LogP contribution in [0.15, 0.2) is 11.6 Å². The Morgan fingerprint density at radius 2 is 1.03 bits per heavy atom. The first-order valence-corrected chi connectivity index (χ1v) is 27.9. The first-order chi connectivity index (χ1) is 36.5. The lowest BCUT2D eigenvalue weighted by Gasteiger charge is -2.72. The SMILES string of the molecule is CC1(C)C=C2[C@@H]3CC[C@@H]4[C@]5(C)CC[C@@H](O[C@@H]6O[C@@H](C(=O)O)[C@H](O)[C@H](O[C@@H]7O[C@H](CO)[C@@H](O)[C@H](O)[C@H]7O)[C@@H]6O[C@@H]6O[C@@H](CO)[C@@H](O)[C@@H](O)[C@@H]6O)C(C)(C)[C@H]5CC[C@@]4(C)[C@]3(C)CC[C@]2(C(=O)O[C@@H]2O[C@H](CO)[C@@H](O)[C@H](O)[C@H]2O)CC1. The van der Waals surface area contributed by atoms with E-state index in [0.717, 1.165) is 31.3 Å². The van der Waals surface area contributed by atoms with Gasteiger partial charge < -0.3 is 109 Å². The van der Waals surface area contributed by atoms with Gasteiger partial charge >= 0.3 is 11.9 Å². The van der Waals surface area contributed by atoms with Crippen LogP contribution in [0.1, 0.15) is 113 Å². The molecule has 446 valence electrons. The van der Waals surface area contributed by atoms with Crippen molar-refractivity contribution < 1.29 is 119 Å². The molecule has 0 spiro atoms. The van der Waals surface area contributed by atoms with Crippen LogP contribution in [0.3, 0.4) is 0 Å². The Balaban J connectivity index is 0.992. The lowest BCUT2D eigenvalue weighted by atomic mass is 9.32. The molecule has 4 saturated carbocycles. The van der Waals surface area contributed by atoms with Crippen LogP contribution in [0.25, 0.3) is 0 Å².